The lowest BCUT2D eigenvalue weighted by atomic mass is 10.1. The van der Waals surface area contributed by atoms with Crippen molar-refractivity contribution in [3.63, 3.8) is 0 Å². The maximum absolute atomic E-state index is 12.1. The van der Waals surface area contributed by atoms with E-state index in [0.717, 1.165) is 0 Å². The summed E-state index contributed by atoms with van der Waals surface area (Å²) in [5.41, 5.74) is 5.04. The van der Waals surface area contributed by atoms with E-state index in [0.29, 0.717) is 0 Å². The molecule has 0 rings (SSSR count). The minimum Gasteiger partial charge on any atom is -0.328 e. The average Bonchev–Trinajstić information content (AvgIpc) is 1.81. The minimum atomic E-state index is -5.46. The number of halogens is 5. The van der Waals surface area contributed by atoms with E-state index in [1.54, 1.807) is 0 Å². The zero-order valence-electron chi connectivity index (χ0n) is 6.46. The van der Waals surface area contributed by atoms with Gasteiger partial charge in [-0.3, -0.25) is 0 Å². The number of rotatable bonds is 3. The van der Waals surface area contributed by atoms with Gasteiger partial charge in [0.25, 0.3) is 0 Å². The van der Waals surface area contributed by atoms with Crippen LogP contribution in [0, 0.1) is 0 Å². The van der Waals surface area contributed by atoms with Gasteiger partial charge >= 0.3 is 12.1 Å². The molecule has 0 aliphatic rings. The zero-order valence-corrected chi connectivity index (χ0v) is 6.46. The van der Waals surface area contributed by atoms with Gasteiger partial charge in [0.2, 0.25) is 0 Å². The second-order valence-electron chi connectivity index (χ2n) is 2.72. The van der Waals surface area contributed by atoms with Crippen molar-refractivity contribution in [1.29, 1.82) is 0 Å². The molecule has 0 aromatic carbocycles. The quantitative estimate of drug-likeness (QED) is 0.680. The minimum absolute atomic E-state index is 0.341. The zero-order chi connectivity index (χ0) is 9.99. The van der Waals surface area contributed by atoms with Crippen molar-refractivity contribution in [2.75, 3.05) is 0 Å². The molecular formula is C6H10F5N. The largest absolute Gasteiger partial charge is 0.453 e. The van der Waals surface area contributed by atoms with Crippen molar-refractivity contribution >= 4 is 0 Å². The monoisotopic (exact) mass is 191 g/mol. The van der Waals surface area contributed by atoms with Crippen molar-refractivity contribution in [3.8, 4) is 0 Å². The standard InChI is InChI=1S/C6H10F5N/c1-4(12)2-3-5(7,8)6(9,10)11/h4H,2-3,12H2,1H3/t4-/m0/s1. The number of nitrogens with two attached hydrogens (primary N) is 1. The Labute approximate surface area is 66.7 Å². The molecule has 0 saturated heterocycles. The van der Waals surface area contributed by atoms with E-state index in [9.17, 15) is 22.0 Å². The van der Waals surface area contributed by atoms with Crippen LogP contribution in [-0.4, -0.2) is 18.1 Å². The van der Waals surface area contributed by atoms with Gasteiger partial charge in [-0.05, 0) is 13.3 Å². The summed E-state index contributed by atoms with van der Waals surface area (Å²) in [6.07, 6.45) is -7.04. The molecule has 0 heterocycles. The summed E-state index contributed by atoms with van der Waals surface area (Å²) < 4.78 is 58.7. The summed E-state index contributed by atoms with van der Waals surface area (Å²) >= 11 is 0. The van der Waals surface area contributed by atoms with E-state index >= 15 is 0 Å². The van der Waals surface area contributed by atoms with Gasteiger partial charge in [0.05, 0.1) is 0 Å². The summed E-state index contributed by atoms with van der Waals surface area (Å²) in [5.74, 6) is -4.61. The van der Waals surface area contributed by atoms with Crippen molar-refractivity contribution in [2.24, 2.45) is 5.73 Å². The van der Waals surface area contributed by atoms with E-state index in [1.165, 1.54) is 6.92 Å². The molecule has 0 spiro atoms. The first kappa shape index (κ1) is 11.6. The van der Waals surface area contributed by atoms with Crippen molar-refractivity contribution < 1.29 is 22.0 Å². The van der Waals surface area contributed by atoms with E-state index in [2.05, 4.69) is 0 Å². The van der Waals surface area contributed by atoms with Gasteiger partial charge in [-0.2, -0.15) is 22.0 Å². The first-order chi connectivity index (χ1) is 5.17. The Morgan fingerprint density at radius 2 is 1.58 bits per heavy atom. The van der Waals surface area contributed by atoms with Gasteiger partial charge in [-0.25, -0.2) is 0 Å². The van der Waals surface area contributed by atoms with Crippen molar-refractivity contribution in [3.05, 3.63) is 0 Å². The highest BCUT2D eigenvalue weighted by Crippen LogP contribution is 2.38. The Morgan fingerprint density at radius 3 is 1.83 bits per heavy atom. The van der Waals surface area contributed by atoms with Crippen LogP contribution in [0.25, 0.3) is 0 Å². The van der Waals surface area contributed by atoms with Gasteiger partial charge in [0, 0.05) is 12.5 Å². The topological polar surface area (TPSA) is 26.0 Å². The molecule has 0 aromatic heterocycles. The fourth-order valence-corrected chi connectivity index (χ4v) is 0.551. The predicted molar refractivity (Wildman–Crippen MR) is 33.9 cm³/mol. The highest BCUT2D eigenvalue weighted by atomic mass is 19.4. The van der Waals surface area contributed by atoms with Crippen molar-refractivity contribution in [2.45, 2.75) is 37.9 Å². The third-order valence-electron chi connectivity index (χ3n) is 1.33. The Balaban J connectivity index is 4.05. The molecular weight excluding hydrogens is 181 g/mol. The van der Waals surface area contributed by atoms with Crippen molar-refractivity contribution in [1.82, 2.24) is 0 Å². The molecule has 6 heteroatoms. The van der Waals surface area contributed by atoms with Crippen LogP contribution in [0.1, 0.15) is 19.8 Å². The van der Waals surface area contributed by atoms with E-state index in [-0.39, 0.29) is 6.42 Å². The highest BCUT2D eigenvalue weighted by molar-refractivity contribution is 4.76. The van der Waals surface area contributed by atoms with Gasteiger partial charge in [-0.15, -0.1) is 0 Å². The number of alkyl halides is 5. The molecule has 0 amide bonds. The summed E-state index contributed by atoms with van der Waals surface area (Å²) in [4.78, 5) is 0. The lowest BCUT2D eigenvalue weighted by molar-refractivity contribution is -0.284. The predicted octanol–water partition coefficient (Wildman–Crippen LogP) is 2.31. The van der Waals surface area contributed by atoms with E-state index in [4.69, 9.17) is 5.73 Å². The molecule has 1 nitrogen and oxygen atoms in total. The Hall–Kier alpha value is -0.390. The molecule has 0 aliphatic carbocycles. The van der Waals surface area contributed by atoms with Crippen LogP contribution in [0.4, 0.5) is 22.0 Å². The molecule has 2 N–H and O–H groups in total. The summed E-state index contributed by atoms with van der Waals surface area (Å²) in [7, 11) is 0. The molecule has 0 saturated carbocycles. The summed E-state index contributed by atoms with van der Waals surface area (Å²) in [6, 6.07) is -0.641. The van der Waals surface area contributed by atoms with Crippen LogP contribution < -0.4 is 5.73 Å². The van der Waals surface area contributed by atoms with Gasteiger partial charge in [0.15, 0.2) is 0 Å². The molecule has 0 aliphatic heterocycles. The fraction of sp³-hybridized carbons (Fsp3) is 1.00. The average molecular weight is 191 g/mol. The van der Waals surface area contributed by atoms with Crippen LogP contribution in [-0.2, 0) is 0 Å². The van der Waals surface area contributed by atoms with Gasteiger partial charge in [0.1, 0.15) is 0 Å². The molecule has 0 bridgehead atoms. The molecule has 0 fully saturated rings. The van der Waals surface area contributed by atoms with E-state index in [1.807, 2.05) is 0 Å². The van der Waals surface area contributed by atoms with Crippen LogP contribution in [0.5, 0.6) is 0 Å². The Morgan fingerprint density at radius 1 is 1.17 bits per heavy atom. The van der Waals surface area contributed by atoms with Crippen LogP contribution in [0.15, 0.2) is 0 Å². The first-order valence-corrected chi connectivity index (χ1v) is 3.37. The highest BCUT2D eigenvalue weighted by Gasteiger charge is 2.56. The third-order valence-corrected chi connectivity index (χ3v) is 1.33. The molecule has 1 atom stereocenters. The smallest absolute Gasteiger partial charge is 0.328 e. The lowest BCUT2D eigenvalue weighted by Crippen LogP contribution is -2.37. The molecule has 12 heavy (non-hydrogen) atoms. The summed E-state index contributed by atoms with van der Waals surface area (Å²) in [6.45, 7) is 1.38. The molecule has 0 unspecified atom stereocenters. The second-order valence-corrected chi connectivity index (χ2v) is 2.72. The van der Waals surface area contributed by atoms with Gasteiger partial charge < -0.3 is 5.73 Å². The third kappa shape index (κ3) is 3.34. The summed E-state index contributed by atoms with van der Waals surface area (Å²) in [5, 5.41) is 0. The second kappa shape index (κ2) is 3.55. The SMILES string of the molecule is C[C@H](N)CCC(F)(F)C(F)(F)F. The molecule has 0 aromatic rings. The van der Waals surface area contributed by atoms with E-state index < -0.39 is 24.6 Å². The Kier molecular flexibility index (Phi) is 3.44. The molecule has 74 valence electrons. The lowest BCUT2D eigenvalue weighted by Gasteiger charge is -2.19. The van der Waals surface area contributed by atoms with Crippen LogP contribution >= 0.6 is 0 Å². The maximum Gasteiger partial charge on any atom is 0.453 e. The normalized spacial score (nSPS) is 16.2. The maximum atomic E-state index is 12.1. The Bertz CT molecular complexity index is 139. The van der Waals surface area contributed by atoms with Crippen LogP contribution in [0.2, 0.25) is 0 Å². The first-order valence-electron chi connectivity index (χ1n) is 3.37. The van der Waals surface area contributed by atoms with Crippen LogP contribution in [0.3, 0.4) is 0 Å². The molecule has 0 radical (unpaired) electrons. The fourth-order valence-electron chi connectivity index (χ4n) is 0.551. The number of hydrogen-bond acceptors (Lipinski definition) is 1. The van der Waals surface area contributed by atoms with Gasteiger partial charge in [-0.1, -0.05) is 0 Å². The number of hydrogen-bond donors (Lipinski definition) is 1.